The second kappa shape index (κ2) is 5.24. The third kappa shape index (κ3) is 2.33. The highest BCUT2D eigenvalue weighted by Crippen LogP contribution is 2.44. The zero-order valence-electron chi connectivity index (χ0n) is 13.7. The number of fused-ring (bicyclic) bond motifs is 2. The molecule has 2 N–H and O–H groups in total. The molecule has 2 heterocycles. The molecule has 2 aromatic carbocycles. The number of carbonyl (C=O) groups is 1. The minimum absolute atomic E-state index is 0.392. The zero-order chi connectivity index (χ0) is 17.0. The van der Waals surface area contributed by atoms with Crippen LogP contribution in [0.15, 0.2) is 59.1 Å². The molecule has 1 saturated carbocycles. The molecule has 1 fully saturated rings. The lowest BCUT2D eigenvalue weighted by molar-refractivity contribution is 0.100. The quantitative estimate of drug-likeness (QED) is 0.602. The number of carbonyl (C=O) groups excluding carboxylic acids is 1. The highest BCUT2D eigenvalue weighted by Gasteiger charge is 2.28. The van der Waals surface area contributed by atoms with Crippen LogP contribution in [-0.2, 0) is 6.54 Å². The lowest BCUT2D eigenvalue weighted by Gasteiger charge is -2.06. The Labute approximate surface area is 144 Å². The summed E-state index contributed by atoms with van der Waals surface area (Å²) in [6.07, 6.45) is 4.59. The van der Waals surface area contributed by atoms with Crippen LogP contribution in [0.4, 0.5) is 0 Å². The van der Waals surface area contributed by atoms with Gasteiger partial charge in [0.15, 0.2) is 0 Å². The van der Waals surface area contributed by atoms with Crippen molar-refractivity contribution in [2.24, 2.45) is 5.73 Å². The van der Waals surface area contributed by atoms with E-state index in [4.69, 9.17) is 10.2 Å². The topological polar surface area (TPSA) is 61.2 Å². The van der Waals surface area contributed by atoms with E-state index in [1.165, 1.54) is 18.4 Å². The van der Waals surface area contributed by atoms with Crippen molar-refractivity contribution in [2.75, 3.05) is 0 Å². The minimum atomic E-state index is -0.392. The number of benzene rings is 2. The van der Waals surface area contributed by atoms with Gasteiger partial charge < -0.3 is 14.7 Å². The first-order valence-electron chi connectivity index (χ1n) is 8.60. The number of hydrogen-bond acceptors (Lipinski definition) is 2. The Morgan fingerprint density at radius 2 is 2.00 bits per heavy atom. The van der Waals surface area contributed by atoms with Crippen molar-refractivity contribution in [2.45, 2.75) is 25.3 Å². The molecule has 5 rings (SSSR count). The maximum atomic E-state index is 11.9. The normalized spacial score (nSPS) is 14.4. The third-order valence-corrected chi connectivity index (χ3v) is 5.01. The molecule has 0 bridgehead atoms. The molecule has 0 unspecified atom stereocenters. The van der Waals surface area contributed by atoms with E-state index >= 15 is 0 Å². The van der Waals surface area contributed by atoms with Gasteiger partial charge in [0.2, 0.25) is 0 Å². The van der Waals surface area contributed by atoms with Crippen molar-refractivity contribution in [1.82, 2.24) is 4.57 Å². The summed E-state index contributed by atoms with van der Waals surface area (Å²) in [5, 5.41) is 2.22. The molecule has 2 aromatic heterocycles. The Morgan fingerprint density at radius 3 is 2.76 bits per heavy atom. The average molecular weight is 330 g/mol. The third-order valence-electron chi connectivity index (χ3n) is 5.01. The van der Waals surface area contributed by atoms with Gasteiger partial charge in [0.05, 0.1) is 17.6 Å². The fourth-order valence-corrected chi connectivity index (χ4v) is 3.71. The summed E-state index contributed by atoms with van der Waals surface area (Å²) in [4.78, 5) is 11.9. The first kappa shape index (κ1) is 14.3. The van der Waals surface area contributed by atoms with Crippen LogP contribution in [0.25, 0.3) is 21.9 Å². The molecule has 0 aliphatic heterocycles. The number of rotatable bonds is 4. The van der Waals surface area contributed by atoms with Crippen molar-refractivity contribution < 1.29 is 9.21 Å². The number of nitrogens with two attached hydrogens (primary N) is 1. The van der Waals surface area contributed by atoms with E-state index in [0.29, 0.717) is 18.0 Å². The van der Waals surface area contributed by atoms with Crippen molar-refractivity contribution in [1.29, 1.82) is 0 Å². The van der Waals surface area contributed by atoms with E-state index in [0.717, 1.165) is 27.6 Å². The summed E-state index contributed by atoms with van der Waals surface area (Å²) in [6, 6.07) is 15.9. The maximum absolute atomic E-state index is 11.9. The summed E-state index contributed by atoms with van der Waals surface area (Å²) < 4.78 is 8.08. The lowest BCUT2D eigenvalue weighted by atomic mass is 10.1. The van der Waals surface area contributed by atoms with Gasteiger partial charge in [0.1, 0.15) is 11.3 Å². The van der Waals surface area contributed by atoms with Crippen molar-refractivity contribution in [3.05, 3.63) is 71.6 Å². The summed E-state index contributed by atoms with van der Waals surface area (Å²) in [5.74, 6) is 1.08. The molecule has 4 aromatic rings. The summed E-state index contributed by atoms with van der Waals surface area (Å²) >= 11 is 0. The standard InChI is InChI=1S/C21H18N2O2/c22-21(24)17-6-3-5-16-18(13-8-9-13)12-23(20(16)17)11-15-10-14-4-1-2-7-19(14)25-15/h1-7,10,12-13H,8-9,11H2,(H2,22,24). The van der Waals surface area contributed by atoms with Gasteiger partial charge in [-0.3, -0.25) is 4.79 Å². The summed E-state index contributed by atoms with van der Waals surface area (Å²) in [7, 11) is 0. The first-order chi connectivity index (χ1) is 12.2. The Balaban J connectivity index is 1.67. The van der Waals surface area contributed by atoms with Crippen LogP contribution < -0.4 is 5.73 Å². The minimum Gasteiger partial charge on any atom is -0.459 e. The van der Waals surface area contributed by atoms with Gasteiger partial charge in [-0.05, 0) is 42.5 Å². The fourth-order valence-electron chi connectivity index (χ4n) is 3.71. The molecule has 1 aliphatic carbocycles. The molecule has 0 radical (unpaired) electrons. The molecule has 0 saturated heterocycles. The predicted octanol–water partition coefficient (Wildman–Crippen LogP) is 4.41. The maximum Gasteiger partial charge on any atom is 0.250 e. The van der Waals surface area contributed by atoms with Gasteiger partial charge in [-0.15, -0.1) is 0 Å². The predicted molar refractivity (Wildman–Crippen MR) is 97.7 cm³/mol. The lowest BCUT2D eigenvalue weighted by Crippen LogP contribution is -2.13. The van der Waals surface area contributed by atoms with Gasteiger partial charge in [0, 0.05) is 17.0 Å². The van der Waals surface area contributed by atoms with Crippen molar-refractivity contribution in [3.8, 4) is 0 Å². The molecule has 0 atom stereocenters. The van der Waals surface area contributed by atoms with E-state index in [-0.39, 0.29) is 0 Å². The van der Waals surface area contributed by atoms with E-state index in [9.17, 15) is 4.79 Å². The molecular weight excluding hydrogens is 312 g/mol. The summed E-state index contributed by atoms with van der Waals surface area (Å²) in [5.41, 5.74) is 9.31. The van der Waals surface area contributed by atoms with Crippen LogP contribution in [-0.4, -0.2) is 10.5 Å². The second-order valence-corrected chi connectivity index (χ2v) is 6.80. The van der Waals surface area contributed by atoms with Gasteiger partial charge in [0.25, 0.3) is 5.91 Å². The Bertz CT molecular complexity index is 1080. The van der Waals surface area contributed by atoms with E-state index in [1.54, 1.807) is 6.07 Å². The van der Waals surface area contributed by atoms with Gasteiger partial charge >= 0.3 is 0 Å². The molecule has 4 heteroatoms. The van der Waals surface area contributed by atoms with Crippen LogP contribution in [0, 0.1) is 0 Å². The number of hydrogen-bond donors (Lipinski definition) is 1. The Hall–Kier alpha value is -3.01. The smallest absolute Gasteiger partial charge is 0.250 e. The highest BCUT2D eigenvalue weighted by atomic mass is 16.3. The molecular formula is C21H18N2O2. The SMILES string of the molecule is NC(=O)c1cccc2c(C3CC3)cn(Cc3cc4ccccc4o3)c12. The van der Waals surface area contributed by atoms with Crippen LogP contribution >= 0.6 is 0 Å². The van der Waals surface area contributed by atoms with Crippen molar-refractivity contribution in [3.63, 3.8) is 0 Å². The molecule has 4 nitrogen and oxygen atoms in total. The van der Waals surface area contributed by atoms with Gasteiger partial charge in [-0.2, -0.15) is 0 Å². The number of furan rings is 1. The number of amides is 1. The zero-order valence-corrected chi connectivity index (χ0v) is 13.7. The first-order valence-corrected chi connectivity index (χ1v) is 8.60. The molecule has 25 heavy (non-hydrogen) atoms. The highest BCUT2D eigenvalue weighted by molar-refractivity contribution is 6.06. The fraction of sp³-hybridized carbons (Fsp3) is 0.190. The molecule has 1 aliphatic rings. The average Bonchev–Trinajstić information content (AvgIpc) is 3.27. The largest absolute Gasteiger partial charge is 0.459 e. The van der Waals surface area contributed by atoms with Gasteiger partial charge in [-0.1, -0.05) is 30.3 Å². The van der Waals surface area contributed by atoms with Gasteiger partial charge in [-0.25, -0.2) is 0 Å². The van der Waals surface area contributed by atoms with E-state index in [2.05, 4.69) is 22.9 Å². The molecule has 1 amide bonds. The number of primary amides is 1. The van der Waals surface area contributed by atoms with Crippen LogP contribution in [0.1, 0.15) is 40.4 Å². The Kier molecular flexibility index (Phi) is 3.01. The number of aromatic nitrogens is 1. The van der Waals surface area contributed by atoms with Crippen LogP contribution in [0.5, 0.6) is 0 Å². The van der Waals surface area contributed by atoms with E-state index in [1.807, 2.05) is 30.3 Å². The summed E-state index contributed by atoms with van der Waals surface area (Å²) in [6.45, 7) is 0.586. The number of nitrogens with zero attached hydrogens (tertiary/aromatic N) is 1. The Morgan fingerprint density at radius 1 is 1.16 bits per heavy atom. The second-order valence-electron chi connectivity index (χ2n) is 6.80. The van der Waals surface area contributed by atoms with Crippen LogP contribution in [0.3, 0.4) is 0 Å². The van der Waals surface area contributed by atoms with Crippen molar-refractivity contribution >= 4 is 27.8 Å². The molecule has 0 spiro atoms. The van der Waals surface area contributed by atoms with Crippen LogP contribution in [0.2, 0.25) is 0 Å². The van der Waals surface area contributed by atoms with E-state index < -0.39 is 5.91 Å². The molecule has 124 valence electrons. The monoisotopic (exact) mass is 330 g/mol. The number of para-hydroxylation sites is 2.